The molecule has 0 aromatic heterocycles. The number of hydrogen-bond donors (Lipinski definition) is 0. The van der Waals surface area contributed by atoms with E-state index in [1.165, 1.54) is 19.1 Å². The van der Waals surface area contributed by atoms with Gasteiger partial charge in [0.05, 0.1) is 5.57 Å². The molecule has 0 heterocycles. The van der Waals surface area contributed by atoms with Crippen molar-refractivity contribution >= 4 is 5.78 Å². The van der Waals surface area contributed by atoms with Crippen LogP contribution < -0.4 is 0 Å². The number of carbonyl (C=O) groups is 1. The summed E-state index contributed by atoms with van der Waals surface area (Å²) in [4.78, 5) is 10.4. The second-order valence-corrected chi connectivity index (χ2v) is 1.48. The fourth-order valence-electron chi connectivity index (χ4n) is 0.351. The van der Waals surface area contributed by atoms with Gasteiger partial charge in [0.1, 0.15) is 6.07 Å². The standard InChI is InChI=1S/C7H7NO/c1-3-4-7(5-8)6(2)9/h3-4H,1H2,2H3/b7-4+. The van der Waals surface area contributed by atoms with Gasteiger partial charge in [-0.2, -0.15) is 5.26 Å². The number of ketones is 1. The zero-order chi connectivity index (χ0) is 7.28. The Morgan fingerprint density at radius 2 is 2.33 bits per heavy atom. The summed E-state index contributed by atoms with van der Waals surface area (Å²) in [6, 6.07) is 1.74. The topological polar surface area (TPSA) is 40.9 Å². The minimum absolute atomic E-state index is 0.144. The third kappa shape index (κ3) is 2.45. The molecule has 9 heavy (non-hydrogen) atoms. The molecule has 2 nitrogen and oxygen atoms in total. The van der Waals surface area contributed by atoms with Crippen LogP contribution in [0, 0.1) is 11.3 Å². The lowest BCUT2D eigenvalue weighted by atomic mass is 10.2. The highest BCUT2D eigenvalue weighted by Crippen LogP contribution is 1.92. The number of carbonyl (C=O) groups excluding carboxylic acids is 1. The van der Waals surface area contributed by atoms with Crippen LogP contribution in [0.5, 0.6) is 0 Å². The van der Waals surface area contributed by atoms with Gasteiger partial charge in [0, 0.05) is 0 Å². The van der Waals surface area contributed by atoms with Crippen LogP contribution in [-0.4, -0.2) is 5.78 Å². The molecule has 0 amide bonds. The lowest BCUT2D eigenvalue weighted by Crippen LogP contribution is -1.91. The molecule has 0 N–H and O–H groups in total. The highest BCUT2D eigenvalue weighted by atomic mass is 16.1. The largest absolute Gasteiger partial charge is 0.294 e. The molecule has 0 saturated carbocycles. The van der Waals surface area contributed by atoms with E-state index in [2.05, 4.69) is 6.58 Å². The van der Waals surface area contributed by atoms with Gasteiger partial charge in [-0.25, -0.2) is 0 Å². The molecule has 0 spiro atoms. The van der Waals surface area contributed by atoms with Gasteiger partial charge in [0.25, 0.3) is 0 Å². The molecule has 46 valence electrons. The van der Waals surface area contributed by atoms with Crippen LogP contribution in [0.2, 0.25) is 0 Å². The average Bonchev–Trinajstić information content (AvgIpc) is 1.82. The Kier molecular flexibility index (Phi) is 3.07. The van der Waals surface area contributed by atoms with Crippen LogP contribution in [0.25, 0.3) is 0 Å². The van der Waals surface area contributed by atoms with Crippen LogP contribution in [-0.2, 0) is 4.79 Å². The van der Waals surface area contributed by atoms with Crippen molar-refractivity contribution in [2.45, 2.75) is 6.92 Å². The van der Waals surface area contributed by atoms with Gasteiger partial charge < -0.3 is 0 Å². The van der Waals surface area contributed by atoms with E-state index in [-0.39, 0.29) is 11.4 Å². The van der Waals surface area contributed by atoms with Crippen molar-refractivity contribution < 1.29 is 4.79 Å². The minimum Gasteiger partial charge on any atom is -0.294 e. The van der Waals surface area contributed by atoms with Crippen LogP contribution >= 0.6 is 0 Å². The van der Waals surface area contributed by atoms with Crippen molar-refractivity contribution in [3.05, 3.63) is 24.3 Å². The quantitative estimate of drug-likeness (QED) is 0.313. The summed E-state index contributed by atoms with van der Waals surface area (Å²) in [5.41, 5.74) is 0.144. The maximum Gasteiger partial charge on any atom is 0.170 e. The Labute approximate surface area is 54.1 Å². The van der Waals surface area contributed by atoms with Crippen molar-refractivity contribution in [1.82, 2.24) is 0 Å². The molecule has 2 heteroatoms. The van der Waals surface area contributed by atoms with E-state index in [0.717, 1.165) is 0 Å². The predicted molar refractivity (Wildman–Crippen MR) is 34.6 cm³/mol. The molecule has 0 aliphatic rings. The molecule has 0 aromatic carbocycles. The number of nitrogens with zero attached hydrogens (tertiary/aromatic N) is 1. The van der Waals surface area contributed by atoms with Gasteiger partial charge in [-0.3, -0.25) is 4.79 Å². The van der Waals surface area contributed by atoms with E-state index in [1.54, 1.807) is 6.07 Å². The first-order valence-electron chi connectivity index (χ1n) is 2.46. The summed E-state index contributed by atoms with van der Waals surface area (Å²) < 4.78 is 0. The molecule has 0 saturated heterocycles. The van der Waals surface area contributed by atoms with Gasteiger partial charge >= 0.3 is 0 Å². The monoisotopic (exact) mass is 121 g/mol. The molecule has 0 aliphatic heterocycles. The maximum absolute atomic E-state index is 10.4. The molecule has 0 aliphatic carbocycles. The molecule has 0 fully saturated rings. The first kappa shape index (κ1) is 7.64. The number of allylic oxidation sites excluding steroid dienone is 3. The van der Waals surface area contributed by atoms with Crippen molar-refractivity contribution in [2.75, 3.05) is 0 Å². The Morgan fingerprint density at radius 3 is 2.44 bits per heavy atom. The maximum atomic E-state index is 10.4. The molecular weight excluding hydrogens is 114 g/mol. The summed E-state index contributed by atoms with van der Waals surface area (Å²) in [5.74, 6) is -0.225. The number of rotatable bonds is 2. The van der Waals surface area contributed by atoms with E-state index >= 15 is 0 Å². The fraction of sp³-hybridized carbons (Fsp3) is 0.143. The number of nitriles is 1. The highest BCUT2D eigenvalue weighted by Gasteiger charge is 1.97. The second-order valence-electron chi connectivity index (χ2n) is 1.48. The molecule has 0 bridgehead atoms. The van der Waals surface area contributed by atoms with Gasteiger partial charge in [-0.15, -0.1) is 0 Å². The van der Waals surface area contributed by atoms with Crippen molar-refractivity contribution in [1.29, 1.82) is 5.26 Å². The minimum atomic E-state index is -0.225. The third-order valence-corrected chi connectivity index (χ3v) is 0.784. The predicted octanol–water partition coefficient (Wildman–Crippen LogP) is 1.21. The molecular formula is C7H7NO. The molecule has 0 aromatic rings. The highest BCUT2D eigenvalue weighted by molar-refractivity contribution is 5.97. The second kappa shape index (κ2) is 3.62. The normalized spacial score (nSPS) is 10.0. The van der Waals surface area contributed by atoms with Crippen LogP contribution in [0.4, 0.5) is 0 Å². The molecule has 0 rings (SSSR count). The van der Waals surface area contributed by atoms with Crippen LogP contribution in [0.15, 0.2) is 24.3 Å². The first-order valence-corrected chi connectivity index (χ1v) is 2.46. The van der Waals surface area contributed by atoms with E-state index in [4.69, 9.17) is 5.26 Å². The van der Waals surface area contributed by atoms with Crippen molar-refractivity contribution in [3.8, 4) is 6.07 Å². The fourth-order valence-corrected chi connectivity index (χ4v) is 0.351. The lowest BCUT2D eigenvalue weighted by molar-refractivity contribution is -0.113. The zero-order valence-corrected chi connectivity index (χ0v) is 5.22. The van der Waals surface area contributed by atoms with Crippen LogP contribution in [0.1, 0.15) is 6.92 Å². The van der Waals surface area contributed by atoms with Gasteiger partial charge in [0.2, 0.25) is 0 Å². The number of Topliss-reactive ketones (excluding diaryl/α,β-unsaturated/α-hetero) is 1. The Bertz CT molecular complexity index is 195. The smallest absolute Gasteiger partial charge is 0.170 e. The molecule has 0 atom stereocenters. The zero-order valence-electron chi connectivity index (χ0n) is 5.22. The first-order chi connectivity index (χ1) is 4.22. The summed E-state index contributed by atoms with van der Waals surface area (Å²) in [6.45, 7) is 4.70. The molecule has 0 radical (unpaired) electrons. The van der Waals surface area contributed by atoms with Crippen molar-refractivity contribution in [3.63, 3.8) is 0 Å². The summed E-state index contributed by atoms with van der Waals surface area (Å²) >= 11 is 0. The van der Waals surface area contributed by atoms with E-state index in [9.17, 15) is 4.79 Å². The Balaban J connectivity index is 4.38. The molecule has 0 unspecified atom stereocenters. The third-order valence-electron chi connectivity index (χ3n) is 0.784. The van der Waals surface area contributed by atoms with Gasteiger partial charge in [0.15, 0.2) is 5.78 Å². The average molecular weight is 121 g/mol. The van der Waals surface area contributed by atoms with Gasteiger partial charge in [-0.05, 0) is 13.0 Å². The summed E-state index contributed by atoms with van der Waals surface area (Å²) in [7, 11) is 0. The summed E-state index contributed by atoms with van der Waals surface area (Å²) in [5, 5.41) is 8.24. The van der Waals surface area contributed by atoms with E-state index < -0.39 is 0 Å². The van der Waals surface area contributed by atoms with E-state index in [0.29, 0.717) is 0 Å². The summed E-state index contributed by atoms with van der Waals surface area (Å²) in [6.07, 6.45) is 2.81. The lowest BCUT2D eigenvalue weighted by Gasteiger charge is -1.83. The Hall–Kier alpha value is -1.36. The SMILES string of the molecule is C=C/C=C(\C#N)C(C)=O. The van der Waals surface area contributed by atoms with Crippen molar-refractivity contribution in [2.24, 2.45) is 0 Å². The van der Waals surface area contributed by atoms with Crippen LogP contribution in [0.3, 0.4) is 0 Å². The Morgan fingerprint density at radius 1 is 1.78 bits per heavy atom. The number of hydrogen-bond acceptors (Lipinski definition) is 2. The van der Waals surface area contributed by atoms with Gasteiger partial charge in [-0.1, -0.05) is 12.7 Å². The van der Waals surface area contributed by atoms with E-state index in [1.807, 2.05) is 0 Å².